The lowest BCUT2D eigenvalue weighted by Crippen LogP contribution is -2.47. The fourth-order valence-corrected chi connectivity index (χ4v) is 3.80. The van der Waals surface area contributed by atoms with E-state index in [0.29, 0.717) is 11.4 Å². The first kappa shape index (κ1) is 19.4. The van der Waals surface area contributed by atoms with Gasteiger partial charge < -0.3 is 14.6 Å². The third-order valence-corrected chi connectivity index (χ3v) is 5.48. The zero-order valence-corrected chi connectivity index (χ0v) is 17.1. The number of para-hydroxylation sites is 1. The monoisotopic (exact) mass is 392 g/mol. The van der Waals surface area contributed by atoms with Gasteiger partial charge in [-0.1, -0.05) is 12.1 Å². The number of hydrogen-bond acceptors (Lipinski definition) is 6. The number of piperazine rings is 1. The van der Waals surface area contributed by atoms with Gasteiger partial charge in [0, 0.05) is 56.9 Å². The van der Waals surface area contributed by atoms with E-state index in [0.717, 1.165) is 63.0 Å². The number of phenolic OH excluding ortho intramolecular Hbond substituents is 1. The molecule has 4 rings (SSSR count). The first-order chi connectivity index (χ1) is 14.1. The van der Waals surface area contributed by atoms with Crippen LogP contribution in [0.4, 0.5) is 5.82 Å². The third kappa shape index (κ3) is 4.56. The van der Waals surface area contributed by atoms with E-state index in [1.54, 1.807) is 6.07 Å². The molecule has 1 aromatic carbocycles. The van der Waals surface area contributed by atoms with Gasteiger partial charge in [0.1, 0.15) is 17.4 Å². The Morgan fingerprint density at radius 3 is 2.52 bits per heavy atom. The average molecular weight is 393 g/mol. The Kier molecular flexibility index (Phi) is 5.76. The lowest BCUT2D eigenvalue weighted by Gasteiger charge is -2.35. The molecular weight excluding hydrogens is 364 g/mol. The minimum atomic E-state index is 0.210. The van der Waals surface area contributed by atoms with Crippen LogP contribution in [0.3, 0.4) is 0 Å². The lowest BCUT2D eigenvalue weighted by molar-refractivity contribution is 0.249. The van der Waals surface area contributed by atoms with E-state index < -0.39 is 0 Å². The summed E-state index contributed by atoms with van der Waals surface area (Å²) in [6.07, 6.45) is 5.04. The molecule has 3 aromatic rings. The van der Waals surface area contributed by atoms with Crippen molar-refractivity contribution in [2.24, 2.45) is 0 Å². The molecule has 0 bridgehead atoms. The molecule has 7 heteroatoms. The first-order valence-corrected chi connectivity index (χ1v) is 10.2. The Balaban J connectivity index is 1.36. The third-order valence-electron chi connectivity index (χ3n) is 5.48. The number of aryl methyl sites for hydroxylation is 3. The zero-order valence-electron chi connectivity index (χ0n) is 17.1. The zero-order chi connectivity index (χ0) is 20.2. The van der Waals surface area contributed by atoms with Crippen molar-refractivity contribution in [3.05, 3.63) is 54.2 Å². The summed E-state index contributed by atoms with van der Waals surface area (Å²) in [6.45, 7) is 10.1. The van der Waals surface area contributed by atoms with E-state index in [1.165, 1.54) is 0 Å². The van der Waals surface area contributed by atoms with Crippen LogP contribution < -0.4 is 4.90 Å². The Morgan fingerprint density at radius 2 is 1.79 bits per heavy atom. The normalized spacial score (nSPS) is 15.0. The lowest BCUT2D eigenvalue weighted by atomic mass is 10.2. The molecule has 3 heterocycles. The fourth-order valence-electron chi connectivity index (χ4n) is 3.80. The van der Waals surface area contributed by atoms with Gasteiger partial charge >= 0.3 is 0 Å². The van der Waals surface area contributed by atoms with Gasteiger partial charge in [-0.05, 0) is 38.9 Å². The molecule has 152 valence electrons. The number of nitrogens with zero attached hydrogens (tertiary/aromatic N) is 6. The molecule has 0 spiro atoms. The number of aromatic hydroxyl groups is 1. The summed E-state index contributed by atoms with van der Waals surface area (Å²) in [5, 5.41) is 10.2. The fraction of sp³-hybridized carbons (Fsp3) is 0.409. The Hall–Kier alpha value is -2.93. The number of aromatic nitrogens is 4. The quantitative estimate of drug-likeness (QED) is 0.696. The van der Waals surface area contributed by atoms with E-state index in [-0.39, 0.29) is 5.75 Å². The highest BCUT2D eigenvalue weighted by Crippen LogP contribution is 2.27. The number of rotatable bonds is 6. The first-order valence-electron chi connectivity index (χ1n) is 10.2. The van der Waals surface area contributed by atoms with Gasteiger partial charge in [-0.15, -0.1) is 0 Å². The highest BCUT2D eigenvalue weighted by atomic mass is 16.3. The van der Waals surface area contributed by atoms with Crippen LogP contribution in [0.1, 0.15) is 17.9 Å². The molecule has 0 atom stereocenters. The molecule has 0 saturated carbocycles. The number of benzene rings is 1. The molecule has 1 saturated heterocycles. The second-order valence-corrected chi connectivity index (χ2v) is 7.56. The summed E-state index contributed by atoms with van der Waals surface area (Å²) in [7, 11) is 0. The van der Waals surface area contributed by atoms with Crippen LogP contribution in [0.25, 0.3) is 11.4 Å². The smallest absolute Gasteiger partial charge is 0.165 e. The van der Waals surface area contributed by atoms with Gasteiger partial charge in [-0.3, -0.25) is 4.90 Å². The Bertz CT molecular complexity index is 961. The van der Waals surface area contributed by atoms with Crippen molar-refractivity contribution < 1.29 is 5.11 Å². The van der Waals surface area contributed by atoms with Crippen LogP contribution in [-0.4, -0.2) is 62.2 Å². The summed E-state index contributed by atoms with van der Waals surface area (Å²) < 4.78 is 2.21. The second-order valence-electron chi connectivity index (χ2n) is 7.56. The molecule has 1 fully saturated rings. The highest BCUT2D eigenvalue weighted by Gasteiger charge is 2.19. The summed E-state index contributed by atoms with van der Waals surface area (Å²) in [5.74, 6) is 2.80. The molecular formula is C22H28N6O. The molecule has 2 aromatic heterocycles. The molecule has 1 N–H and O–H groups in total. The predicted octanol–water partition coefficient (Wildman–Crippen LogP) is 2.87. The van der Waals surface area contributed by atoms with Gasteiger partial charge in [0.05, 0.1) is 5.56 Å². The van der Waals surface area contributed by atoms with Crippen LogP contribution >= 0.6 is 0 Å². The summed E-state index contributed by atoms with van der Waals surface area (Å²) >= 11 is 0. The SMILES string of the molecule is Cc1cc(N2CCN(CCCn3ccnc3C)CC2)nc(-c2ccccc2O)n1. The largest absolute Gasteiger partial charge is 0.507 e. The molecule has 29 heavy (non-hydrogen) atoms. The van der Waals surface area contributed by atoms with Crippen LogP contribution in [0, 0.1) is 13.8 Å². The molecule has 0 amide bonds. The number of hydrogen-bond donors (Lipinski definition) is 1. The molecule has 1 aliphatic heterocycles. The molecule has 0 radical (unpaired) electrons. The van der Waals surface area contributed by atoms with Crippen molar-refractivity contribution in [3.8, 4) is 17.1 Å². The Labute approximate surface area is 171 Å². The van der Waals surface area contributed by atoms with E-state index in [4.69, 9.17) is 4.98 Å². The van der Waals surface area contributed by atoms with E-state index in [9.17, 15) is 5.11 Å². The number of imidazole rings is 1. The van der Waals surface area contributed by atoms with Crippen LogP contribution in [0.15, 0.2) is 42.7 Å². The number of phenols is 1. The van der Waals surface area contributed by atoms with Crippen molar-refractivity contribution >= 4 is 5.82 Å². The van der Waals surface area contributed by atoms with Crippen molar-refractivity contribution in [3.63, 3.8) is 0 Å². The minimum Gasteiger partial charge on any atom is -0.507 e. The van der Waals surface area contributed by atoms with Crippen molar-refractivity contribution in [1.29, 1.82) is 0 Å². The maximum atomic E-state index is 10.2. The van der Waals surface area contributed by atoms with E-state index in [2.05, 4.69) is 24.3 Å². The summed E-state index contributed by atoms with van der Waals surface area (Å²) in [4.78, 5) is 18.4. The van der Waals surface area contributed by atoms with Crippen LogP contribution in [-0.2, 0) is 6.54 Å². The number of anilines is 1. The molecule has 7 nitrogen and oxygen atoms in total. The van der Waals surface area contributed by atoms with Crippen molar-refractivity contribution in [1.82, 2.24) is 24.4 Å². The summed E-state index contributed by atoms with van der Waals surface area (Å²) in [5.41, 5.74) is 1.58. The van der Waals surface area contributed by atoms with Gasteiger partial charge in [0.15, 0.2) is 5.82 Å². The summed E-state index contributed by atoms with van der Waals surface area (Å²) in [6, 6.07) is 9.26. The van der Waals surface area contributed by atoms with E-state index in [1.807, 2.05) is 50.5 Å². The average Bonchev–Trinajstić information content (AvgIpc) is 3.13. The van der Waals surface area contributed by atoms with Crippen molar-refractivity contribution in [2.45, 2.75) is 26.8 Å². The molecule has 1 aliphatic rings. The van der Waals surface area contributed by atoms with Gasteiger partial charge in [0.25, 0.3) is 0 Å². The second kappa shape index (κ2) is 8.61. The van der Waals surface area contributed by atoms with E-state index >= 15 is 0 Å². The molecule has 0 unspecified atom stereocenters. The maximum absolute atomic E-state index is 10.2. The maximum Gasteiger partial charge on any atom is 0.165 e. The Morgan fingerprint density at radius 1 is 1.00 bits per heavy atom. The van der Waals surface area contributed by atoms with Gasteiger partial charge in [0.2, 0.25) is 0 Å². The standard InChI is InChI=1S/C22H28N6O/c1-17-16-21(25-22(24-17)19-6-3-4-7-20(19)29)28-14-12-26(13-15-28)9-5-10-27-11-8-23-18(27)2/h3-4,6-8,11,16,29H,5,9-10,12-15H2,1-2H3. The topological polar surface area (TPSA) is 70.3 Å². The predicted molar refractivity (Wildman–Crippen MR) is 114 cm³/mol. The van der Waals surface area contributed by atoms with Crippen molar-refractivity contribution in [2.75, 3.05) is 37.6 Å². The van der Waals surface area contributed by atoms with Gasteiger partial charge in [-0.25, -0.2) is 15.0 Å². The van der Waals surface area contributed by atoms with Gasteiger partial charge in [-0.2, -0.15) is 0 Å². The molecule has 0 aliphatic carbocycles. The van der Waals surface area contributed by atoms with Crippen LogP contribution in [0.5, 0.6) is 5.75 Å². The highest BCUT2D eigenvalue weighted by molar-refractivity contribution is 5.65. The van der Waals surface area contributed by atoms with Crippen LogP contribution in [0.2, 0.25) is 0 Å². The minimum absolute atomic E-state index is 0.210.